The Bertz CT molecular complexity index is 382. The van der Waals surface area contributed by atoms with Crippen LogP contribution in [0.25, 0.3) is 0 Å². The summed E-state index contributed by atoms with van der Waals surface area (Å²) >= 11 is 7.08. The first-order valence-electron chi connectivity index (χ1n) is 4.57. The van der Waals surface area contributed by atoms with Gasteiger partial charge in [-0.05, 0) is 12.3 Å². The molecule has 1 aromatic heterocycles. The Kier molecular flexibility index (Phi) is 2.62. The Hall–Kier alpha value is -0.790. The van der Waals surface area contributed by atoms with Gasteiger partial charge >= 0.3 is 0 Å². The van der Waals surface area contributed by atoms with Crippen LogP contribution < -0.4 is 5.32 Å². The van der Waals surface area contributed by atoms with Crippen LogP contribution in [0.2, 0.25) is 5.15 Å². The molecule has 2 atom stereocenters. The second-order valence-corrected chi connectivity index (χ2v) is 4.76. The number of hydrogen-bond acceptors (Lipinski definition) is 4. The standard InChI is InChI=1S/C9H10ClN3S/c1-2-5-3-6(5)12-9-13-8(10)7(4-11)14-9/h5-6H,2-3H2,1H3,(H,12,13). The molecule has 1 fully saturated rings. The van der Waals surface area contributed by atoms with Crippen LogP contribution in [0.3, 0.4) is 0 Å². The predicted molar refractivity (Wildman–Crippen MR) is 57.6 cm³/mol. The van der Waals surface area contributed by atoms with Crippen molar-refractivity contribution in [2.75, 3.05) is 5.32 Å². The lowest BCUT2D eigenvalue weighted by molar-refractivity contribution is 0.774. The molecule has 0 radical (unpaired) electrons. The maximum absolute atomic E-state index is 8.69. The number of aromatic nitrogens is 1. The van der Waals surface area contributed by atoms with Gasteiger partial charge in [-0.15, -0.1) is 0 Å². The van der Waals surface area contributed by atoms with Crippen molar-refractivity contribution in [3.05, 3.63) is 10.0 Å². The number of nitrogens with one attached hydrogen (secondary N) is 1. The molecule has 2 rings (SSSR count). The van der Waals surface area contributed by atoms with Gasteiger partial charge in [0.2, 0.25) is 0 Å². The third-order valence-corrected chi connectivity index (χ3v) is 3.72. The molecule has 5 heteroatoms. The van der Waals surface area contributed by atoms with Gasteiger partial charge in [-0.2, -0.15) is 5.26 Å². The second-order valence-electron chi connectivity index (χ2n) is 3.41. The van der Waals surface area contributed by atoms with Crippen molar-refractivity contribution >= 4 is 28.1 Å². The molecule has 74 valence electrons. The van der Waals surface area contributed by atoms with E-state index < -0.39 is 0 Å². The highest BCUT2D eigenvalue weighted by Gasteiger charge is 2.35. The van der Waals surface area contributed by atoms with Crippen LogP contribution >= 0.6 is 22.9 Å². The Morgan fingerprint density at radius 2 is 2.57 bits per heavy atom. The first-order chi connectivity index (χ1) is 6.74. The van der Waals surface area contributed by atoms with Gasteiger partial charge in [-0.1, -0.05) is 36.3 Å². The molecule has 1 N–H and O–H groups in total. The summed E-state index contributed by atoms with van der Waals surface area (Å²) in [4.78, 5) is 4.57. The van der Waals surface area contributed by atoms with Gasteiger partial charge < -0.3 is 5.32 Å². The zero-order valence-corrected chi connectivity index (χ0v) is 9.32. The van der Waals surface area contributed by atoms with E-state index in [0.29, 0.717) is 16.1 Å². The molecule has 1 heterocycles. The van der Waals surface area contributed by atoms with Crippen molar-refractivity contribution in [2.24, 2.45) is 5.92 Å². The Morgan fingerprint density at radius 1 is 1.79 bits per heavy atom. The zero-order valence-electron chi connectivity index (χ0n) is 7.75. The van der Waals surface area contributed by atoms with Crippen molar-refractivity contribution in [3.8, 4) is 6.07 Å². The van der Waals surface area contributed by atoms with Crippen molar-refractivity contribution < 1.29 is 0 Å². The normalized spacial score (nSPS) is 24.4. The molecule has 0 spiro atoms. The molecule has 14 heavy (non-hydrogen) atoms. The van der Waals surface area contributed by atoms with Crippen molar-refractivity contribution in [2.45, 2.75) is 25.8 Å². The van der Waals surface area contributed by atoms with E-state index in [2.05, 4.69) is 17.2 Å². The first-order valence-corrected chi connectivity index (χ1v) is 5.77. The fourth-order valence-corrected chi connectivity index (χ4v) is 2.48. The van der Waals surface area contributed by atoms with Crippen LogP contribution in [0.15, 0.2) is 0 Å². The monoisotopic (exact) mass is 227 g/mol. The van der Waals surface area contributed by atoms with Crippen molar-refractivity contribution in [1.82, 2.24) is 4.98 Å². The van der Waals surface area contributed by atoms with Crippen LogP contribution in [-0.2, 0) is 0 Å². The zero-order chi connectivity index (χ0) is 10.1. The van der Waals surface area contributed by atoms with Crippen LogP contribution in [-0.4, -0.2) is 11.0 Å². The molecule has 3 nitrogen and oxygen atoms in total. The summed E-state index contributed by atoms with van der Waals surface area (Å²) in [5.41, 5.74) is 0. The van der Waals surface area contributed by atoms with Crippen LogP contribution in [0.1, 0.15) is 24.6 Å². The van der Waals surface area contributed by atoms with E-state index >= 15 is 0 Å². The van der Waals surface area contributed by atoms with Crippen LogP contribution in [0.4, 0.5) is 5.13 Å². The number of anilines is 1. The Balaban J connectivity index is 2.01. The molecule has 0 amide bonds. The SMILES string of the molecule is CCC1CC1Nc1nc(Cl)c(C#N)s1. The van der Waals surface area contributed by atoms with E-state index in [1.54, 1.807) is 0 Å². The third-order valence-electron chi connectivity index (χ3n) is 2.44. The Labute approximate surface area is 91.7 Å². The van der Waals surface area contributed by atoms with Gasteiger partial charge in [-0.25, -0.2) is 4.98 Å². The largest absolute Gasteiger partial charge is 0.358 e. The van der Waals surface area contributed by atoms with Gasteiger partial charge in [0.1, 0.15) is 10.9 Å². The van der Waals surface area contributed by atoms with E-state index in [1.165, 1.54) is 24.2 Å². The van der Waals surface area contributed by atoms with Gasteiger partial charge in [0.15, 0.2) is 10.3 Å². The summed E-state index contributed by atoms with van der Waals surface area (Å²) in [5.74, 6) is 0.767. The predicted octanol–water partition coefficient (Wildman–Crippen LogP) is 2.88. The average molecular weight is 228 g/mol. The minimum atomic E-state index is 0.314. The smallest absolute Gasteiger partial charge is 0.185 e. The average Bonchev–Trinajstić information content (AvgIpc) is 2.82. The summed E-state index contributed by atoms with van der Waals surface area (Å²) in [6.45, 7) is 2.18. The van der Waals surface area contributed by atoms with Crippen molar-refractivity contribution in [3.63, 3.8) is 0 Å². The lowest BCUT2D eigenvalue weighted by Gasteiger charge is -1.98. The van der Waals surface area contributed by atoms with E-state index in [-0.39, 0.29) is 0 Å². The molecular formula is C9H10ClN3S. The molecule has 0 saturated heterocycles. The maximum atomic E-state index is 8.69. The summed E-state index contributed by atoms with van der Waals surface area (Å²) in [6, 6.07) is 2.55. The molecule has 2 unspecified atom stereocenters. The number of halogens is 1. The molecule has 0 bridgehead atoms. The van der Waals surface area contributed by atoms with Gasteiger partial charge in [0.05, 0.1) is 0 Å². The highest BCUT2D eigenvalue weighted by molar-refractivity contribution is 7.16. The number of rotatable bonds is 3. The summed E-state index contributed by atoms with van der Waals surface area (Å²) in [6.07, 6.45) is 2.40. The van der Waals surface area contributed by atoms with E-state index in [1.807, 2.05) is 6.07 Å². The Morgan fingerprint density at radius 3 is 3.07 bits per heavy atom. The van der Waals surface area contributed by atoms with Crippen molar-refractivity contribution in [1.29, 1.82) is 5.26 Å². The highest BCUT2D eigenvalue weighted by atomic mass is 35.5. The number of thiazole rings is 1. The van der Waals surface area contributed by atoms with E-state index in [0.717, 1.165) is 11.0 Å². The molecule has 1 aliphatic carbocycles. The second kappa shape index (κ2) is 3.76. The maximum Gasteiger partial charge on any atom is 0.185 e. The summed E-state index contributed by atoms with van der Waals surface area (Å²) < 4.78 is 0. The lowest BCUT2D eigenvalue weighted by atomic mass is 10.3. The number of nitrogens with zero attached hydrogens (tertiary/aromatic N) is 2. The van der Waals surface area contributed by atoms with Crippen LogP contribution in [0, 0.1) is 17.2 Å². The molecule has 1 saturated carbocycles. The first kappa shape index (κ1) is 9.75. The van der Waals surface area contributed by atoms with Gasteiger partial charge in [0, 0.05) is 6.04 Å². The molecule has 0 aliphatic heterocycles. The molecule has 0 aromatic carbocycles. The summed E-state index contributed by atoms with van der Waals surface area (Å²) in [7, 11) is 0. The number of nitriles is 1. The highest BCUT2D eigenvalue weighted by Crippen LogP contribution is 2.37. The molecule has 1 aliphatic rings. The topological polar surface area (TPSA) is 48.7 Å². The third kappa shape index (κ3) is 1.84. The summed E-state index contributed by atoms with van der Waals surface area (Å²) in [5, 5.41) is 13.1. The van der Waals surface area contributed by atoms with Crippen LogP contribution in [0.5, 0.6) is 0 Å². The van der Waals surface area contributed by atoms with Gasteiger partial charge in [-0.3, -0.25) is 0 Å². The molecule has 1 aromatic rings. The lowest BCUT2D eigenvalue weighted by Crippen LogP contribution is -2.03. The van der Waals surface area contributed by atoms with Gasteiger partial charge in [0.25, 0.3) is 0 Å². The molecular weight excluding hydrogens is 218 g/mol. The fraction of sp³-hybridized carbons (Fsp3) is 0.556. The quantitative estimate of drug-likeness (QED) is 0.864. The van der Waals surface area contributed by atoms with E-state index in [4.69, 9.17) is 16.9 Å². The fourth-order valence-electron chi connectivity index (χ4n) is 1.47. The minimum absolute atomic E-state index is 0.314. The van der Waals surface area contributed by atoms with E-state index in [9.17, 15) is 0 Å². The minimum Gasteiger partial charge on any atom is -0.358 e. The number of hydrogen-bond donors (Lipinski definition) is 1.